The number of nitrogens with zero attached hydrogens (tertiary/aromatic N) is 1. The van der Waals surface area contributed by atoms with Gasteiger partial charge in [0.1, 0.15) is 4.32 Å². The van der Waals surface area contributed by atoms with Crippen LogP contribution in [0.2, 0.25) is 0 Å². The van der Waals surface area contributed by atoms with Gasteiger partial charge in [0.25, 0.3) is 5.91 Å². The summed E-state index contributed by atoms with van der Waals surface area (Å²) in [4.78, 5) is 14.9. The van der Waals surface area contributed by atoms with Crippen molar-refractivity contribution in [3.05, 3.63) is 23.1 Å². The Morgan fingerprint density at radius 3 is 3.00 bits per heavy atom. The van der Waals surface area contributed by atoms with E-state index in [0.29, 0.717) is 5.92 Å². The first-order valence-corrected chi connectivity index (χ1v) is 8.35. The Labute approximate surface area is 125 Å². The van der Waals surface area contributed by atoms with Crippen LogP contribution in [0.4, 0.5) is 0 Å². The second-order valence-electron chi connectivity index (χ2n) is 5.11. The molecule has 1 saturated heterocycles. The number of rotatable bonds is 5. The molecule has 104 valence electrons. The van der Waals surface area contributed by atoms with Crippen LogP contribution in [-0.2, 0) is 4.79 Å². The summed E-state index contributed by atoms with van der Waals surface area (Å²) in [7, 11) is 0. The van der Waals surface area contributed by atoms with Gasteiger partial charge >= 0.3 is 0 Å². The Balaban J connectivity index is 1.96. The second kappa shape index (κ2) is 7.25. The summed E-state index contributed by atoms with van der Waals surface area (Å²) in [5, 5.41) is 0. The van der Waals surface area contributed by atoms with Gasteiger partial charge in [0.2, 0.25) is 0 Å². The molecule has 19 heavy (non-hydrogen) atoms. The number of amides is 1. The fourth-order valence-corrected chi connectivity index (χ4v) is 3.78. The van der Waals surface area contributed by atoms with Gasteiger partial charge in [0, 0.05) is 6.54 Å². The van der Waals surface area contributed by atoms with Crippen LogP contribution in [0, 0.1) is 5.92 Å². The van der Waals surface area contributed by atoms with Gasteiger partial charge in [-0.2, -0.15) is 0 Å². The van der Waals surface area contributed by atoms with Crippen LogP contribution < -0.4 is 0 Å². The van der Waals surface area contributed by atoms with Crippen LogP contribution in [0.5, 0.6) is 0 Å². The lowest BCUT2D eigenvalue weighted by molar-refractivity contribution is -0.122. The van der Waals surface area contributed by atoms with E-state index in [9.17, 15) is 4.79 Å². The first-order valence-electron chi connectivity index (χ1n) is 7.13. The van der Waals surface area contributed by atoms with Crippen LogP contribution in [0.3, 0.4) is 0 Å². The SMILES string of the molecule is CCCCCN1C(=O)/C(=C\[C@H]2CC=CCC2)SC1=S. The van der Waals surface area contributed by atoms with Gasteiger partial charge in [-0.15, -0.1) is 0 Å². The largest absolute Gasteiger partial charge is 0.293 e. The summed E-state index contributed by atoms with van der Waals surface area (Å²) < 4.78 is 0.735. The van der Waals surface area contributed by atoms with Crippen molar-refractivity contribution in [3.63, 3.8) is 0 Å². The van der Waals surface area contributed by atoms with Gasteiger partial charge in [-0.05, 0) is 31.6 Å². The van der Waals surface area contributed by atoms with Crippen molar-refractivity contribution < 1.29 is 4.79 Å². The van der Waals surface area contributed by atoms with Crippen LogP contribution in [0.15, 0.2) is 23.1 Å². The number of hydrogen-bond donors (Lipinski definition) is 0. The van der Waals surface area contributed by atoms with Gasteiger partial charge < -0.3 is 0 Å². The molecule has 2 rings (SSSR count). The second-order valence-corrected chi connectivity index (χ2v) is 6.78. The van der Waals surface area contributed by atoms with Crippen molar-refractivity contribution in [1.82, 2.24) is 4.90 Å². The normalized spacial score (nSPS) is 25.6. The minimum atomic E-state index is 0.126. The van der Waals surface area contributed by atoms with Crippen molar-refractivity contribution in [2.75, 3.05) is 6.54 Å². The fraction of sp³-hybridized carbons (Fsp3) is 0.600. The highest BCUT2D eigenvalue weighted by Crippen LogP contribution is 2.34. The van der Waals surface area contributed by atoms with E-state index in [1.807, 2.05) is 0 Å². The first-order chi connectivity index (χ1) is 9.22. The Kier molecular flexibility index (Phi) is 5.64. The van der Waals surface area contributed by atoms with Crippen molar-refractivity contribution in [2.24, 2.45) is 5.92 Å². The summed E-state index contributed by atoms with van der Waals surface area (Å²) in [6, 6.07) is 0. The molecule has 1 fully saturated rings. The van der Waals surface area contributed by atoms with Crippen molar-refractivity contribution in [1.29, 1.82) is 0 Å². The molecular formula is C15H21NOS2. The number of carbonyl (C=O) groups is 1. The monoisotopic (exact) mass is 295 g/mol. The maximum Gasteiger partial charge on any atom is 0.265 e. The zero-order chi connectivity index (χ0) is 13.7. The minimum absolute atomic E-state index is 0.126. The highest BCUT2D eigenvalue weighted by molar-refractivity contribution is 8.26. The fourth-order valence-electron chi connectivity index (χ4n) is 2.41. The molecule has 0 aromatic rings. The van der Waals surface area contributed by atoms with E-state index >= 15 is 0 Å². The van der Waals surface area contributed by atoms with E-state index in [4.69, 9.17) is 12.2 Å². The maximum atomic E-state index is 12.3. The van der Waals surface area contributed by atoms with Crippen molar-refractivity contribution in [2.45, 2.75) is 45.4 Å². The number of allylic oxidation sites excluding steroid dienone is 3. The summed E-state index contributed by atoms with van der Waals surface area (Å²) in [6.45, 7) is 2.95. The van der Waals surface area contributed by atoms with Crippen LogP contribution in [0.25, 0.3) is 0 Å². The average molecular weight is 295 g/mol. The number of thiocarbonyl (C=S) groups is 1. The zero-order valence-corrected chi connectivity index (χ0v) is 13.1. The standard InChI is InChI=1S/C15H21NOS2/c1-2-3-7-10-16-14(17)13(19-15(16)18)11-12-8-5-4-6-9-12/h4-5,11-12H,2-3,6-10H2,1H3/b13-11+/t12-/m0/s1. The molecule has 2 aliphatic rings. The molecule has 0 radical (unpaired) electrons. The lowest BCUT2D eigenvalue weighted by Gasteiger charge is -2.15. The molecule has 2 nitrogen and oxygen atoms in total. The number of thioether (sulfide) groups is 1. The molecule has 0 aromatic carbocycles. The zero-order valence-electron chi connectivity index (χ0n) is 11.4. The summed E-state index contributed by atoms with van der Waals surface area (Å²) in [5.41, 5.74) is 0. The number of unbranched alkanes of at least 4 members (excludes halogenated alkanes) is 2. The summed E-state index contributed by atoms with van der Waals surface area (Å²) >= 11 is 6.80. The average Bonchev–Trinajstić information content (AvgIpc) is 2.68. The van der Waals surface area contributed by atoms with Crippen molar-refractivity contribution in [3.8, 4) is 0 Å². The van der Waals surface area contributed by atoms with Crippen LogP contribution in [-0.4, -0.2) is 21.7 Å². The minimum Gasteiger partial charge on any atom is -0.293 e. The lowest BCUT2D eigenvalue weighted by atomic mass is 9.94. The Morgan fingerprint density at radius 2 is 2.32 bits per heavy atom. The smallest absolute Gasteiger partial charge is 0.265 e. The molecule has 0 spiro atoms. The van der Waals surface area contributed by atoms with E-state index in [0.717, 1.165) is 47.9 Å². The molecule has 0 saturated carbocycles. The molecule has 1 aliphatic carbocycles. The maximum absolute atomic E-state index is 12.3. The third-order valence-corrected chi connectivity index (χ3v) is 4.95. The van der Waals surface area contributed by atoms with E-state index in [1.165, 1.54) is 18.2 Å². The predicted octanol–water partition coefficient (Wildman–Crippen LogP) is 4.28. The van der Waals surface area contributed by atoms with E-state index in [-0.39, 0.29) is 5.91 Å². The van der Waals surface area contributed by atoms with Crippen molar-refractivity contribution >= 4 is 34.2 Å². The van der Waals surface area contributed by atoms with Gasteiger partial charge in [-0.3, -0.25) is 9.69 Å². The number of hydrogen-bond acceptors (Lipinski definition) is 3. The van der Waals surface area contributed by atoms with Gasteiger partial charge in [-0.1, -0.05) is 62.0 Å². The summed E-state index contributed by atoms with van der Waals surface area (Å²) in [6.07, 6.45) is 13.3. The van der Waals surface area contributed by atoms with E-state index in [1.54, 1.807) is 4.90 Å². The molecule has 0 aromatic heterocycles. The molecule has 0 bridgehead atoms. The van der Waals surface area contributed by atoms with Gasteiger partial charge in [0.05, 0.1) is 4.91 Å². The first kappa shape index (κ1) is 14.8. The Bertz CT molecular complexity index is 414. The van der Waals surface area contributed by atoms with E-state index in [2.05, 4.69) is 25.2 Å². The highest BCUT2D eigenvalue weighted by atomic mass is 32.2. The highest BCUT2D eigenvalue weighted by Gasteiger charge is 2.31. The molecule has 4 heteroatoms. The molecule has 0 N–H and O–H groups in total. The molecule has 0 unspecified atom stereocenters. The molecular weight excluding hydrogens is 274 g/mol. The number of carbonyl (C=O) groups excluding carboxylic acids is 1. The molecule has 1 heterocycles. The van der Waals surface area contributed by atoms with Gasteiger partial charge in [0.15, 0.2) is 0 Å². The third kappa shape index (κ3) is 3.93. The molecule has 1 atom stereocenters. The molecule has 1 aliphatic heterocycles. The van der Waals surface area contributed by atoms with E-state index < -0.39 is 0 Å². The third-order valence-electron chi connectivity index (χ3n) is 3.56. The van der Waals surface area contributed by atoms with Crippen LogP contribution in [0.1, 0.15) is 45.4 Å². The van der Waals surface area contributed by atoms with Gasteiger partial charge in [-0.25, -0.2) is 0 Å². The quantitative estimate of drug-likeness (QED) is 0.327. The Morgan fingerprint density at radius 1 is 1.47 bits per heavy atom. The molecule has 1 amide bonds. The predicted molar refractivity (Wildman–Crippen MR) is 86.0 cm³/mol. The Hall–Kier alpha value is -0.610. The summed E-state index contributed by atoms with van der Waals surface area (Å²) in [5.74, 6) is 0.635. The topological polar surface area (TPSA) is 20.3 Å². The lowest BCUT2D eigenvalue weighted by Crippen LogP contribution is -2.29. The van der Waals surface area contributed by atoms with Crippen LogP contribution >= 0.6 is 24.0 Å².